The number of nitrogens with zero attached hydrogens (tertiary/aromatic N) is 2. The normalized spacial score (nSPS) is 18.1. The first-order valence-corrected chi connectivity index (χ1v) is 6.75. The third-order valence-electron chi connectivity index (χ3n) is 3.47. The number of anilines is 1. The third kappa shape index (κ3) is 2.44. The molecule has 5 heteroatoms. The fraction of sp³-hybridized carbons (Fsp3) is 0.333. The van der Waals surface area contributed by atoms with Crippen LogP contribution < -0.4 is 5.32 Å². The zero-order chi connectivity index (χ0) is 13.9. The molecule has 2 aromatic rings. The van der Waals surface area contributed by atoms with Gasteiger partial charge in [-0.3, -0.25) is 9.48 Å². The number of carbonyl (C=O) groups is 1. The summed E-state index contributed by atoms with van der Waals surface area (Å²) in [5, 5.41) is 7.16. The maximum atomic E-state index is 12.1. The van der Waals surface area contributed by atoms with Crippen LogP contribution in [0.1, 0.15) is 12.8 Å². The van der Waals surface area contributed by atoms with Gasteiger partial charge in [-0.1, -0.05) is 30.3 Å². The second-order valence-electron chi connectivity index (χ2n) is 4.89. The first-order valence-electron chi connectivity index (χ1n) is 6.75. The van der Waals surface area contributed by atoms with Gasteiger partial charge in [0.25, 0.3) is 5.91 Å². The standard InChI is InChI=1S/C15H17N3O2/c1-18-14(11-6-3-2-4-7-11)12(10-16-18)17-15(19)13-8-5-9-20-13/h2-4,6-7,10,13H,5,8-9H2,1H3,(H,17,19). The molecule has 1 unspecified atom stereocenters. The summed E-state index contributed by atoms with van der Waals surface area (Å²) in [7, 11) is 1.87. The monoisotopic (exact) mass is 271 g/mol. The lowest BCUT2D eigenvalue weighted by Crippen LogP contribution is -2.26. The molecule has 1 amide bonds. The molecule has 0 radical (unpaired) electrons. The van der Waals surface area contributed by atoms with Crippen LogP contribution in [0, 0.1) is 0 Å². The molecule has 0 saturated carbocycles. The van der Waals surface area contributed by atoms with Crippen LogP contribution in [0.3, 0.4) is 0 Å². The van der Waals surface area contributed by atoms with E-state index in [4.69, 9.17) is 4.74 Å². The van der Waals surface area contributed by atoms with Gasteiger partial charge >= 0.3 is 0 Å². The van der Waals surface area contributed by atoms with Crippen molar-refractivity contribution in [1.29, 1.82) is 0 Å². The van der Waals surface area contributed by atoms with E-state index in [1.54, 1.807) is 10.9 Å². The Morgan fingerprint density at radius 1 is 1.40 bits per heavy atom. The quantitative estimate of drug-likeness (QED) is 0.931. The van der Waals surface area contributed by atoms with E-state index in [0.29, 0.717) is 6.61 Å². The van der Waals surface area contributed by atoms with Gasteiger partial charge in [0.1, 0.15) is 6.10 Å². The Balaban J connectivity index is 1.85. The Morgan fingerprint density at radius 3 is 2.90 bits per heavy atom. The lowest BCUT2D eigenvalue weighted by Gasteiger charge is -2.11. The fourth-order valence-corrected chi connectivity index (χ4v) is 2.47. The highest BCUT2D eigenvalue weighted by Crippen LogP contribution is 2.27. The van der Waals surface area contributed by atoms with E-state index in [2.05, 4.69) is 10.4 Å². The molecule has 1 fully saturated rings. The van der Waals surface area contributed by atoms with Gasteiger partial charge in [0.2, 0.25) is 0 Å². The van der Waals surface area contributed by atoms with Crippen molar-refractivity contribution < 1.29 is 9.53 Å². The number of aryl methyl sites for hydroxylation is 1. The average molecular weight is 271 g/mol. The van der Waals surface area contributed by atoms with Crippen molar-refractivity contribution in [2.75, 3.05) is 11.9 Å². The molecular weight excluding hydrogens is 254 g/mol. The topological polar surface area (TPSA) is 56.2 Å². The Morgan fingerprint density at radius 2 is 2.20 bits per heavy atom. The van der Waals surface area contributed by atoms with Crippen LogP contribution in [0.4, 0.5) is 5.69 Å². The van der Waals surface area contributed by atoms with Gasteiger partial charge in [0.05, 0.1) is 17.6 Å². The number of rotatable bonds is 3. The van der Waals surface area contributed by atoms with Crippen LogP contribution in [0.25, 0.3) is 11.3 Å². The molecule has 3 rings (SSSR count). The maximum Gasteiger partial charge on any atom is 0.253 e. The van der Waals surface area contributed by atoms with E-state index >= 15 is 0 Å². The molecular formula is C15H17N3O2. The Bertz CT molecular complexity index is 601. The van der Waals surface area contributed by atoms with Gasteiger partial charge in [0, 0.05) is 19.2 Å². The number of nitrogens with one attached hydrogen (secondary N) is 1. The average Bonchev–Trinajstić information content (AvgIpc) is 3.10. The summed E-state index contributed by atoms with van der Waals surface area (Å²) in [5.74, 6) is -0.0901. The van der Waals surface area contributed by atoms with Crippen molar-refractivity contribution in [1.82, 2.24) is 9.78 Å². The molecule has 0 spiro atoms. The van der Waals surface area contributed by atoms with E-state index in [9.17, 15) is 4.79 Å². The molecule has 2 heterocycles. The molecule has 0 aliphatic carbocycles. The maximum absolute atomic E-state index is 12.1. The highest BCUT2D eigenvalue weighted by Gasteiger charge is 2.25. The summed E-state index contributed by atoms with van der Waals surface area (Å²) >= 11 is 0. The number of benzene rings is 1. The third-order valence-corrected chi connectivity index (χ3v) is 3.47. The molecule has 1 saturated heterocycles. The fourth-order valence-electron chi connectivity index (χ4n) is 2.47. The van der Waals surface area contributed by atoms with E-state index < -0.39 is 0 Å². The SMILES string of the molecule is Cn1ncc(NC(=O)C2CCCO2)c1-c1ccccc1. The second kappa shape index (κ2) is 5.46. The summed E-state index contributed by atoms with van der Waals surface area (Å²) in [6.07, 6.45) is 3.07. The molecule has 1 aromatic heterocycles. The smallest absolute Gasteiger partial charge is 0.253 e. The molecule has 1 N–H and O–H groups in total. The summed E-state index contributed by atoms with van der Waals surface area (Å²) in [5.41, 5.74) is 2.64. The number of ether oxygens (including phenoxy) is 1. The van der Waals surface area contributed by atoms with Crippen molar-refractivity contribution in [2.45, 2.75) is 18.9 Å². The Labute approximate surface area is 117 Å². The highest BCUT2D eigenvalue weighted by molar-refractivity contribution is 5.97. The molecule has 1 aliphatic rings. The summed E-state index contributed by atoms with van der Waals surface area (Å²) < 4.78 is 7.16. The zero-order valence-electron chi connectivity index (χ0n) is 11.4. The van der Waals surface area contributed by atoms with Crippen LogP contribution in [-0.4, -0.2) is 28.4 Å². The van der Waals surface area contributed by atoms with Gasteiger partial charge in [-0.2, -0.15) is 5.10 Å². The molecule has 1 aromatic carbocycles. The van der Waals surface area contributed by atoms with Gasteiger partial charge in [0.15, 0.2) is 0 Å². The zero-order valence-corrected chi connectivity index (χ0v) is 11.4. The van der Waals surface area contributed by atoms with Gasteiger partial charge in [-0.15, -0.1) is 0 Å². The minimum atomic E-state index is -0.334. The molecule has 1 aliphatic heterocycles. The molecule has 20 heavy (non-hydrogen) atoms. The van der Waals surface area contributed by atoms with Crippen molar-refractivity contribution in [3.05, 3.63) is 36.5 Å². The van der Waals surface area contributed by atoms with E-state index in [-0.39, 0.29) is 12.0 Å². The van der Waals surface area contributed by atoms with Crippen LogP contribution in [0.15, 0.2) is 36.5 Å². The van der Waals surface area contributed by atoms with Gasteiger partial charge < -0.3 is 10.1 Å². The lowest BCUT2D eigenvalue weighted by molar-refractivity contribution is -0.124. The summed E-state index contributed by atoms with van der Waals surface area (Å²) in [4.78, 5) is 12.1. The van der Waals surface area contributed by atoms with E-state index in [0.717, 1.165) is 29.8 Å². The van der Waals surface area contributed by atoms with Crippen LogP contribution in [-0.2, 0) is 16.6 Å². The number of hydrogen-bond acceptors (Lipinski definition) is 3. The van der Waals surface area contributed by atoms with Crippen molar-refractivity contribution in [3.63, 3.8) is 0 Å². The lowest BCUT2D eigenvalue weighted by atomic mass is 10.1. The van der Waals surface area contributed by atoms with Crippen molar-refractivity contribution in [2.24, 2.45) is 7.05 Å². The van der Waals surface area contributed by atoms with Gasteiger partial charge in [-0.25, -0.2) is 0 Å². The predicted molar refractivity (Wildman–Crippen MR) is 76.2 cm³/mol. The number of amides is 1. The van der Waals surface area contributed by atoms with E-state index in [1.165, 1.54) is 0 Å². The van der Waals surface area contributed by atoms with E-state index in [1.807, 2.05) is 37.4 Å². The largest absolute Gasteiger partial charge is 0.368 e. The highest BCUT2D eigenvalue weighted by atomic mass is 16.5. The first-order chi connectivity index (χ1) is 9.75. The van der Waals surface area contributed by atoms with Crippen molar-refractivity contribution >= 4 is 11.6 Å². The molecule has 104 valence electrons. The minimum absolute atomic E-state index is 0.0901. The Hall–Kier alpha value is -2.14. The van der Waals surface area contributed by atoms with Gasteiger partial charge in [-0.05, 0) is 12.8 Å². The number of carbonyl (C=O) groups excluding carboxylic acids is 1. The Kier molecular flexibility index (Phi) is 3.52. The van der Waals surface area contributed by atoms with Crippen LogP contribution >= 0.6 is 0 Å². The van der Waals surface area contributed by atoms with Crippen molar-refractivity contribution in [3.8, 4) is 11.3 Å². The molecule has 0 bridgehead atoms. The number of hydrogen-bond donors (Lipinski definition) is 1. The number of aromatic nitrogens is 2. The molecule has 1 atom stereocenters. The second-order valence-corrected chi connectivity index (χ2v) is 4.89. The molecule has 5 nitrogen and oxygen atoms in total. The summed E-state index contributed by atoms with van der Waals surface area (Å²) in [6.45, 7) is 0.663. The van der Waals surface area contributed by atoms with Crippen LogP contribution in [0.2, 0.25) is 0 Å². The minimum Gasteiger partial charge on any atom is -0.368 e. The summed E-state index contributed by atoms with van der Waals surface area (Å²) in [6, 6.07) is 9.89. The van der Waals surface area contributed by atoms with Crippen LogP contribution in [0.5, 0.6) is 0 Å². The predicted octanol–water partition coefficient (Wildman–Crippen LogP) is 2.20. The first kappa shape index (κ1) is 12.9.